The van der Waals surface area contributed by atoms with Crippen molar-refractivity contribution in [2.24, 2.45) is 0 Å². The Balaban J connectivity index is 1.94. The van der Waals surface area contributed by atoms with Crippen molar-refractivity contribution < 1.29 is 4.74 Å². The van der Waals surface area contributed by atoms with E-state index in [1.807, 2.05) is 6.07 Å². The summed E-state index contributed by atoms with van der Waals surface area (Å²) in [4.78, 5) is 4.45. The number of ether oxygens (including phenoxy) is 1. The molecule has 1 aliphatic carbocycles. The third-order valence-electron chi connectivity index (χ3n) is 3.33. The van der Waals surface area contributed by atoms with Gasteiger partial charge < -0.3 is 4.74 Å². The van der Waals surface area contributed by atoms with E-state index in [1.54, 1.807) is 24.3 Å². The standard InChI is InChI=1S/C16H11N3O/c17-9-11-4-6-14(7-5-11)20-16-13(10-18)8-12-2-1-3-15(12)19-16/h4-8H,1-3H2. The molecule has 0 atom stereocenters. The van der Waals surface area contributed by atoms with Gasteiger partial charge in [-0.25, -0.2) is 4.98 Å². The Morgan fingerprint density at radius 1 is 1.05 bits per heavy atom. The SMILES string of the molecule is N#Cc1ccc(Oc2nc3c(cc2C#N)CCC3)cc1. The van der Waals surface area contributed by atoms with Crippen molar-refractivity contribution in [2.45, 2.75) is 19.3 Å². The molecule has 0 saturated heterocycles. The van der Waals surface area contributed by atoms with Crippen LogP contribution in [0.4, 0.5) is 0 Å². The van der Waals surface area contributed by atoms with Crippen molar-refractivity contribution in [1.29, 1.82) is 10.5 Å². The van der Waals surface area contributed by atoms with Crippen LogP contribution in [-0.4, -0.2) is 4.98 Å². The lowest BCUT2D eigenvalue weighted by atomic mass is 10.1. The van der Waals surface area contributed by atoms with E-state index in [4.69, 9.17) is 10.00 Å². The highest BCUT2D eigenvalue weighted by atomic mass is 16.5. The van der Waals surface area contributed by atoms with Crippen molar-refractivity contribution in [3.05, 3.63) is 52.7 Å². The molecule has 0 radical (unpaired) electrons. The summed E-state index contributed by atoms with van der Waals surface area (Å²) in [6, 6.07) is 12.8. The molecule has 0 amide bonds. The van der Waals surface area contributed by atoms with Gasteiger partial charge >= 0.3 is 0 Å². The van der Waals surface area contributed by atoms with Gasteiger partial charge in [-0.1, -0.05) is 0 Å². The fourth-order valence-electron chi connectivity index (χ4n) is 2.32. The number of pyridine rings is 1. The first-order valence-corrected chi connectivity index (χ1v) is 6.41. The van der Waals surface area contributed by atoms with Crippen molar-refractivity contribution in [3.63, 3.8) is 0 Å². The Morgan fingerprint density at radius 3 is 2.55 bits per heavy atom. The molecule has 1 aromatic heterocycles. The molecule has 0 spiro atoms. The van der Waals surface area contributed by atoms with Gasteiger partial charge in [-0.05, 0) is 55.2 Å². The smallest absolute Gasteiger partial charge is 0.237 e. The molecule has 0 aliphatic heterocycles. The molecule has 1 heterocycles. The van der Waals surface area contributed by atoms with Gasteiger partial charge in [0.05, 0.1) is 11.6 Å². The lowest BCUT2D eigenvalue weighted by molar-refractivity contribution is 0.459. The van der Waals surface area contributed by atoms with Gasteiger partial charge in [-0.15, -0.1) is 0 Å². The Morgan fingerprint density at radius 2 is 1.85 bits per heavy atom. The zero-order valence-corrected chi connectivity index (χ0v) is 10.8. The highest BCUT2D eigenvalue weighted by molar-refractivity contribution is 5.46. The molecule has 2 aromatic rings. The fraction of sp³-hybridized carbons (Fsp3) is 0.188. The molecule has 96 valence electrons. The predicted molar refractivity (Wildman–Crippen MR) is 72.2 cm³/mol. The summed E-state index contributed by atoms with van der Waals surface area (Å²) >= 11 is 0. The Kier molecular flexibility index (Phi) is 3.07. The second-order valence-electron chi connectivity index (χ2n) is 4.65. The van der Waals surface area contributed by atoms with Crippen LogP contribution in [0.1, 0.15) is 28.8 Å². The second kappa shape index (κ2) is 5.03. The summed E-state index contributed by atoms with van der Waals surface area (Å²) in [6.07, 6.45) is 2.99. The molecular formula is C16H11N3O. The molecule has 20 heavy (non-hydrogen) atoms. The molecule has 0 fully saturated rings. The van der Waals surface area contributed by atoms with E-state index in [1.165, 1.54) is 0 Å². The molecule has 0 N–H and O–H groups in total. The maximum atomic E-state index is 9.20. The van der Waals surface area contributed by atoms with Crippen molar-refractivity contribution in [2.75, 3.05) is 0 Å². The van der Waals surface area contributed by atoms with E-state index >= 15 is 0 Å². The molecule has 0 unspecified atom stereocenters. The minimum absolute atomic E-state index is 0.345. The number of fused-ring (bicyclic) bond motifs is 1. The highest BCUT2D eigenvalue weighted by Crippen LogP contribution is 2.29. The third-order valence-corrected chi connectivity index (χ3v) is 3.33. The predicted octanol–water partition coefficient (Wildman–Crippen LogP) is 3.11. The first-order chi connectivity index (χ1) is 9.80. The minimum Gasteiger partial charge on any atom is -0.438 e. The van der Waals surface area contributed by atoms with Crippen molar-refractivity contribution in [1.82, 2.24) is 4.98 Å². The van der Waals surface area contributed by atoms with E-state index in [9.17, 15) is 5.26 Å². The Bertz CT molecular complexity index is 736. The molecule has 4 heteroatoms. The lowest BCUT2D eigenvalue weighted by Crippen LogP contribution is -1.97. The maximum Gasteiger partial charge on any atom is 0.237 e. The number of nitrogens with zero attached hydrogens (tertiary/aromatic N) is 3. The highest BCUT2D eigenvalue weighted by Gasteiger charge is 2.17. The van der Waals surface area contributed by atoms with Crippen LogP contribution in [0.15, 0.2) is 30.3 Å². The first-order valence-electron chi connectivity index (χ1n) is 6.41. The van der Waals surface area contributed by atoms with Crippen LogP contribution in [-0.2, 0) is 12.8 Å². The van der Waals surface area contributed by atoms with Crippen LogP contribution in [0.5, 0.6) is 11.6 Å². The van der Waals surface area contributed by atoms with E-state index in [0.29, 0.717) is 22.8 Å². The van der Waals surface area contributed by atoms with Gasteiger partial charge in [0.15, 0.2) is 0 Å². The average Bonchev–Trinajstić information content (AvgIpc) is 2.94. The van der Waals surface area contributed by atoms with Crippen LogP contribution < -0.4 is 4.74 Å². The van der Waals surface area contributed by atoms with Crippen LogP contribution in [0.3, 0.4) is 0 Å². The molecule has 3 rings (SSSR count). The Labute approximate surface area is 116 Å². The van der Waals surface area contributed by atoms with Crippen LogP contribution in [0.2, 0.25) is 0 Å². The van der Waals surface area contributed by atoms with Crippen LogP contribution in [0, 0.1) is 22.7 Å². The summed E-state index contributed by atoms with van der Waals surface area (Å²) in [5.74, 6) is 0.920. The van der Waals surface area contributed by atoms with E-state index < -0.39 is 0 Å². The Hall–Kier alpha value is -2.85. The van der Waals surface area contributed by atoms with Crippen LogP contribution >= 0.6 is 0 Å². The van der Waals surface area contributed by atoms with Gasteiger partial charge in [0, 0.05) is 5.69 Å². The fourth-order valence-corrected chi connectivity index (χ4v) is 2.32. The molecule has 1 aromatic carbocycles. The summed E-state index contributed by atoms with van der Waals surface area (Å²) in [5.41, 5.74) is 3.19. The normalized spacial score (nSPS) is 12.3. The summed E-state index contributed by atoms with van der Waals surface area (Å²) in [5, 5.41) is 18.0. The topological polar surface area (TPSA) is 69.7 Å². The van der Waals surface area contributed by atoms with Gasteiger partial charge in [-0.3, -0.25) is 0 Å². The summed E-state index contributed by atoms with van der Waals surface area (Å²) < 4.78 is 5.68. The van der Waals surface area contributed by atoms with E-state index in [-0.39, 0.29) is 0 Å². The van der Waals surface area contributed by atoms with Gasteiger partial charge in [-0.2, -0.15) is 10.5 Å². The summed E-state index contributed by atoms with van der Waals surface area (Å²) in [7, 11) is 0. The largest absolute Gasteiger partial charge is 0.438 e. The molecule has 1 aliphatic rings. The van der Waals surface area contributed by atoms with Gasteiger partial charge in [0.1, 0.15) is 17.4 Å². The number of rotatable bonds is 2. The third kappa shape index (κ3) is 2.20. The number of aryl methyl sites for hydroxylation is 2. The van der Waals surface area contributed by atoms with E-state index in [0.717, 1.165) is 30.5 Å². The quantitative estimate of drug-likeness (QED) is 0.832. The zero-order chi connectivity index (χ0) is 13.9. The van der Waals surface area contributed by atoms with Gasteiger partial charge in [0.25, 0.3) is 0 Å². The molecule has 0 bridgehead atoms. The van der Waals surface area contributed by atoms with E-state index in [2.05, 4.69) is 17.1 Å². The van der Waals surface area contributed by atoms with Crippen LogP contribution in [0.25, 0.3) is 0 Å². The number of hydrogen-bond acceptors (Lipinski definition) is 4. The summed E-state index contributed by atoms with van der Waals surface area (Å²) in [6.45, 7) is 0. The minimum atomic E-state index is 0.345. The van der Waals surface area contributed by atoms with Crippen molar-refractivity contribution >= 4 is 0 Å². The zero-order valence-electron chi connectivity index (χ0n) is 10.8. The molecule has 4 nitrogen and oxygen atoms in total. The van der Waals surface area contributed by atoms with Crippen molar-refractivity contribution in [3.8, 4) is 23.8 Å². The molecular weight excluding hydrogens is 250 g/mol. The lowest BCUT2D eigenvalue weighted by Gasteiger charge is -2.08. The second-order valence-corrected chi connectivity index (χ2v) is 4.65. The number of aromatic nitrogens is 1. The average molecular weight is 261 g/mol. The number of nitriles is 2. The number of benzene rings is 1. The van der Waals surface area contributed by atoms with Gasteiger partial charge in [0.2, 0.25) is 5.88 Å². The first kappa shape index (κ1) is 12.2. The monoisotopic (exact) mass is 261 g/mol. The number of hydrogen-bond donors (Lipinski definition) is 0. The molecule has 0 saturated carbocycles. The maximum absolute atomic E-state index is 9.20.